The van der Waals surface area contributed by atoms with E-state index < -0.39 is 12.1 Å². The van der Waals surface area contributed by atoms with Crippen LogP contribution in [-0.4, -0.2) is 23.0 Å². The summed E-state index contributed by atoms with van der Waals surface area (Å²) in [5.74, 6) is -0.0504. The molecule has 26 heavy (non-hydrogen) atoms. The fourth-order valence-electron chi connectivity index (χ4n) is 2.89. The third-order valence-corrected chi connectivity index (χ3v) is 4.12. The van der Waals surface area contributed by atoms with Crippen LogP contribution in [-0.2, 0) is 11.2 Å². The van der Waals surface area contributed by atoms with Gasteiger partial charge in [0.15, 0.2) is 5.76 Å². The molecule has 1 atom stereocenters. The molecule has 3 heterocycles. The Balaban J connectivity index is 1.75. The van der Waals surface area contributed by atoms with Gasteiger partial charge >= 0.3 is 12.0 Å². The zero-order chi connectivity index (χ0) is 18.1. The molecule has 0 bridgehead atoms. The zero-order valence-electron chi connectivity index (χ0n) is 13.8. The predicted molar refractivity (Wildman–Crippen MR) is 89.3 cm³/mol. The first-order valence-corrected chi connectivity index (χ1v) is 7.89. The summed E-state index contributed by atoms with van der Waals surface area (Å²) in [6.07, 6.45) is 1.38. The Hall–Kier alpha value is -3.66. The predicted octanol–water partition coefficient (Wildman–Crippen LogP) is 3.07. The fraction of sp³-hybridized carbons (Fsp3) is 0.158. The molecule has 0 amide bonds. The number of carbonyl (C=O) groups excluding carboxylic acids is 1. The Morgan fingerprint density at radius 1 is 1.23 bits per heavy atom. The van der Waals surface area contributed by atoms with Crippen LogP contribution in [0.3, 0.4) is 0 Å². The van der Waals surface area contributed by atoms with Gasteiger partial charge in [-0.2, -0.15) is 15.2 Å². The number of benzene rings is 1. The lowest BCUT2D eigenvalue weighted by Crippen LogP contribution is -2.06. The number of nitriles is 1. The molecule has 1 aliphatic rings. The van der Waals surface area contributed by atoms with Crippen LogP contribution in [0.5, 0.6) is 6.01 Å². The summed E-state index contributed by atoms with van der Waals surface area (Å²) in [5, 5.41) is 8.90. The maximum absolute atomic E-state index is 12.5. The highest BCUT2D eigenvalue weighted by Gasteiger charge is 2.37. The molecule has 2 aromatic heterocycles. The van der Waals surface area contributed by atoms with Crippen LogP contribution < -0.4 is 4.74 Å². The van der Waals surface area contributed by atoms with E-state index in [9.17, 15) is 4.79 Å². The van der Waals surface area contributed by atoms with Gasteiger partial charge in [-0.1, -0.05) is 12.1 Å². The minimum absolute atomic E-state index is 0.137. The van der Waals surface area contributed by atoms with Crippen molar-refractivity contribution in [2.24, 2.45) is 0 Å². The number of aromatic nitrogens is 2. The Morgan fingerprint density at radius 2 is 2.04 bits per heavy atom. The van der Waals surface area contributed by atoms with Crippen molar-refractivity contribution >= 4 is 5.97 Å². The number of methoxy groups -OCH3 is 1. The van der Waals surface area contributed by atoms with Crippen LogP contribution >= 0.6 is 0 Å². The Morgan fingerprint density at radius 3 is 2.69 bits per heavy atom. The van der Waals surface area contributed by atoms with E-state index in [2.05, 4.69) is 16.0 Å². The lowest BCUT2D eigenvalue weighted by molar-refractivity contribution is 0.0382. The SMILES string of the molecule is COc1nc(-c2ccco2)c2c(n1)C(Cc1ccc(C#N)cc1)OC2=O. The molecule has 4 rings (SSSR count). The largest absolute Gasteiger partial charge is 0.467 e. The van der Waals surface area contributed by atoms with Crippen LogP contribution in [0.15, 0.2) is 47.1 Å². The van der Waals surface area contributed by atoms with Gasteiger partial charge < -0.3 is 13.9 Å². The average molecular weight is 347 g/mol. The average Bonchev–Trinajstić information content (AvgIpc) is 3.31. The molecular formula is C19H13N3O4. The number of fused-ring (bicyclic) bond motifs is 1. The molecule has 0 saturated carbocycles. The summed E-state index contributed by atoms with van der Waals surface area (Å²) < 4.78 is 16.1. The van der Waals surface area contributed by atoms with Gasteiger partial charge in [0.1, 0.15) is 23.1 Å². The second-order valence-corrected chi connectivity index (χ2v) is 5.70. The van der Waals surface area contributed by atoms with E-state index in [4.69, 9.17) is 19.2 Å². The maximum atomic E-state index is 12.5. The zero-order valence-corrected chi connectivity index (χ0v) is 13.8. The normalized spacial score (nSPS) is 15.2. The van der Waals surface area contributed by atoms with Crippen LogP contribution in [0.1, 0.15) is 33.3 Å². The van der Waals surface area contributed by atoms with E-state index in [1.54, 1.807) is 24.3 Å². The molecule has 128 valence electrons. The fourth-order valence-corrected chi connectivity index (χ4v) is 2.89. The Labute approximate surface area is 148 Å². The number of nitrogens with zero attached hydrogens (tertiary/aromatic N) is 3. The van der Waals surface area contributed by atoms with Crippen molar-refractivity contribution in [2.75, 3.05) is 7.11 Å². The van der Waals surface area contributed by atoms with Gasteiger partial charge in [0.25, 0.3) is 0 Å². The quantitative estimate of drug-likeness (QED) is 0.669. The molecule has 0 spiro atoms. The maximum Gasteiger partial charge on any atom is 0.343 e. The minimum Gasteiger partial charge on any atom is -0.467 e. The number of hydrogen-bond donors (Lipinski definition) is 0. The molecule has 3 aromatic rings. The molecule has 0 fully saturated rings. The highest BCUT2D eigenvalue weighted by atomic mass is 16.6. The molecular weight excluding hydrogens is 334 g/mol. The van der Waals surface area contributed by atoms with E-state index >= 15 is 0 Å². The highest BCUT2D eigenvalue weighted by molar-refractivity contribution is 5.99. The van der Waals surface area contributed by atoms with Crippen LogP contribution in [0.2, 0.25) is 0 Å². The van der Waals surface area contributed by atoms with Crippen molar-refractivity contribution in [3.05, 3.63) is 65.0 Å². The summed E-state index contributed by atoms with van der Waals surface area (Å²) >= 11 is 0. The van der Waals surface area contributed by atoms with Crippen LogP contribution in [0.4, 0.5) is 0 Å². The van der Waals surface area contributed by atoms with E-state index in [0.717, 1.165) is 5.56 Å². The molecule has 1 aliphatic heterocycles. The van der Waals surface area contributed by atoms with Crippen molar-refractivity contribution in [1.82, 2.24) is 9.97 Å². The lowest BCUT2D eigenvalue weighted by Gasteiger charge is -2.11. The van der Waals surface area contributed by atoms with Crippen molar-refractivity contribution in [3.63, 3.8) is 0 Å². The molecule has 7 heteroatoms. The second kappa shape index (κ2) is 6.33. The first-order chi connectivity index (χ1) is 12.7. The lowest BCUT2D eigenvalue weighted by atomic mass is 10.0. The standard InChI is InChI=1S/C19H13N3O4/c1-24-19-21-16(13-3-2-8-25-13)15-17(22-19)14(26-18(15)23)9-11-4-6-12(10-20)7-5-11/h2-8,14H,9H2,1H3. The van der Waals surface area contributed by atoms with Crippen molar-refractivity contribution < 1.29 is 18.7 Å². The topological polar surface area (TPSA) is 98.2 Å². The third kappa shape index (κ3) is 2.67. The van der Waals surface area contributed by atoms with E-state index in [0.29, 0.717) is 34.7 Å². The van der Waals surface area contributed by atoms with Crippen molar-refractivity contribution in [2.45, 2.75) is 12.5 Å². The summed E-state index contributed by atoms with van der Waals surface area (Å²) in [6.45, 7) is 0. The molecule has 0 N–H and O–H groups in total. The van der Waals surface area contributed by atoms with Gasteiger partial charge in [-0.05, 0) is 29.8 Å². The molecule has 0 saturated heterocycles. The number of hydrogen-bond acceptors (Lipinski definition) is 7. The second-order valence-electron chi connectivity index (χ2n) is 5.70. The third-order valence-electron chi connectivity index (χ3n) is 4.12. The van der Waals surface area contributed by atoms with Crippen molar-refractivity contribution in [1.29, 1.82) is 5.26 Å². The summed E-state index contributed by atoms with van der Waals surface area (Å²) in [4.78, 5) is 21.0. The molecule has 0 radical (unpaired) electrons. The van der Waals surface area contributed by atoms with Gasteiger partial charge in [-0.3, -0.25) is 0 Å². The van der Waals surface area contributed by atoms with Crippen molar-refractivity contribution in [3.8, 4) is 23.5 Å². The molecule has 0 aliphatic carbocycles. The minimum atomic E-state index is -0.559. The van der Waals surface area contributed by atoms with Crippen LogP contribution in [0.25, 0.3) is 11.5 Å². The molecule has 1 unspecified atom stereocenters. The highest BCUT2D eigenvalue weighted by Crippen LogP contribution is 2.38. The van der Waals surface area contributed by atoms with Gasteiger partial charge in [0, 0.05) is 6.42 Å². The summed E-state index contributed by atoms with van der Waals surface area (Å²) in [7, 11) is 1.46. The molecule has 7 nitrogen and oxygen atoms in total. The van der Waals surface area contributed by atoms with Gasteiger partial charge in [0.05, 0.1) is 25.0 Å². The number of cyclic esters (lactones) is 1. The smallest absolute Gasteiger partial charge is 0.343 e. The summed E-state index contributed by atoms with van der Waals surface area (Å²) in [5.41, 5.74) is 2.61. The van der Waals surface area contributed by atoms with E-state index in [1.807, 2.05) is 12.1 Å². The number of esters is 1. The monoisotopic (exact) mass is 347 g/mol. The number of furan rings is 1. The molecule has 1 aromatic carbocycles. The van der Waals surface area contributed by atoms with Crippen LogP contribution in [0, 0.1) is 11.3 Å². The summed E-state index contributed by atoms with van der Waals surface area (Å²) in [6, 6.07) is 12.7. The van der Waals surface area contributed by atoms with Gasteiger partial charge in [-0.15, -0.1) is 0 Å². The van der Waals surface area contributed by atoms with E-state index in [1.165, 1.54) is 13.4 Å². The Bertz CT molecular complexity index is 1000. The first-order valence-electron chi connectivity index (χ1n) is 7.89. The van der Waals surface area contributed by atoms with E-state index in [-0.39, 0.29) is 6.01 Å². The number of carbonyl (C=O) groups is 1. The number of rotatable bonds is 4. The first kappa shape index (κ1) is 15.8. The number of ether oxygens (including phenoxy) is 2. The Kier molecular flexibility index (Phi) is 3.86. The van der Waals surface area contributed by atoms with Gasteiger partial charge in [-0.25, -0.2) is 4.79 Å². The van der Waals surface area contributed by atoms with Gasteiger partial charge in [0.2, 0.25) is 0 Å².